The summed E-state index contributed by atoms with van der Waals surface area (Å²) in [5.74, 6) is 0.144. The molecule has 0 aliphatic carbocycles. The van der Waals surface area contributed by atoms with Gasteiger partial charge in [0.15, 0.2) is 0 Å². The van der Waals surface area contributed by atoms with Crippen LogP contribution in [-0.2, 0) is 6.42 Å². The Morgan fingerprint density at radius 3 is 2.64 bits per heavy atom. The molecule has 0 amide bonds. The molecule has 0 unspecified atom stereocenters. The van der Waals surface area contributed by atoms with Gasteiger partial charge in [-0.3, -0.25) is 4.79 Å². The zero-order valence-electron chi connectivity index (χ0n) is 12.9. The van der Waals surface area contributed by atoms with Crippen LogP contribution in [0.3, 0.4) is 0 Å². The minimum atomic E-state index is -0.307. The van der Waals surface area contributed by atoms with Crippen molar-refractivity contribution in [1.29, 1.82) is 0 Å². The van der Waals surface area contributed by atoms with Gasteiger partial charge < -0.3 is 4.98 Å². The molecule has 4 rings (SSSR count). The number of H-pyrrole nitrogens is 1. The van der Waals surface area contributed by atoms with Gasteiger partial charge in [0, 0.05) is 22.4 Å². The molecule has 2 aromatic carbocycles. The van der Waals surface area contributed by atoms with E-state index in [1.807, 2.05) is 17.5 Å². The predicted octanol–water partition coefficient (Wildman–Crippen LogP) is 5.03. The Hall–Kier alpha value is -2.50. The molecule has 25 heavy (non-hydrogen) atoms. The Kier molecular flexibility index (Phi) is 4.11. The van der Waals surface area contributed by atoms with E-state index in [0.29, 0.717) is 26.6 Å². The SMILES string of the molecule is O=c1[nH]c(Cc2ccccc2F)nc2scc(-c3ccc(Cl)cc3)c12. The van der Waals surface area contributed by atoms with Crippen molar-refractivity contribution in [2.75, 3.05) is 0 Å². The third kappa shape index (κ3) is 3.08. The molecular weight excluding hydrogens is 359 g/mol. The maximum absolute atomic E-state index is 13.8. The summed E-state index contributed by atoms with van der Waals surface area (Å²) >= 11 is 7.32. The van der Waals surface area contributed by atoms with Crippen molar-refractivity contribution in [3.8, 4) is 11.1 Å². The first-order valence-electron chi connectivity index (χ1n) is 7.61. The molecule has 0 radical (unpaired) electrons. The van der Waals surface area contributed by atoms with Crippen LogP contribution in [-0.4, -0.2) is 9.97 Å². The molecule has 0 bridgehead atoms. The van der Waals surface area contributed by atoms with Gasteiger partial charge in [-0.2, -0.15) is 0 Å². The molecule has 0 aliphatic heterocycles. The van der Waals surface area contributed by atoms with E-state index < -0.39 is 0 Å². The maximum atomic E-state index is 13.8. The van der Waals surface area contributed by atoms with Crippen LogP contribution in [0.5, 0.6) is 0 Å². The summed E-state index contributed by atoms with van der Waals surface area (Å²) in [4.78, 5) is 20.5. The highest BCUT2D eigenvalue weighted by molar-refractivity contribution is 7.17. The minimum absolute atomic E-state index is 0.220. The Labute approximate surface area is 151 Å². The van der Waals surface area contributed by atoms with Gasteiger partial charge in [0.2, 0.25) is 0 Å². The smallest absolute Gasteiger partial charge is 0.260 e. The highest BCUT2D eigenvalue weighted by Crippen LogP contribution is 2.31. The number of thiophene rings is 1. The molecule has 0 fully saturated rings. The number of fused-ring (bicyclic) bond motifs is 1. The van der Waals surface area contributed by atoms with E-state index in [1.54, 1.807) is 30.3 Å². The molecule has 1 N–H and O–H groups in total. The van der Waals surface area contributed by atoms with E-state index in [0.717, 1.165) is 11.1 Å². The molecule has 0 aliphatic rings. The summed E-state index contributed by atoms with van der Waals surface area (Å²) in [6.07, 6.45) is 0.242. The van der Waals surface area contributed by atoms with Crippen LogP contribution in [0.25, 0.3) is 21.3 Å². The van der Waals surface area contributed by atoms with Crippen molar-refractivity contribution in [2.24, 2.45) is 0 Å². The van der Waals surface area contributed by atoms with E-state index in [9.17, 15) is 9.18 Å². The van der Waals surface area contributed by atoms with Crippen molar-refractivity contribution in [1.82, 2.24) is 9.97 Å². The first-order chi connectivity index (χ1) is 12.1. The number of hydrogen-bond acceptors (Lipinski definition) is 3. The van der Waals surface area contributed by atoms with Crippen LogP contribution in [0, 0.1) is 5.82 Å². The van der Waals surface area contributed by atoms with Gasteiger partial charge in [0.05, 0.1) is 5.39 Å². The largest absolute Gasteiger partial charge is 0.310 e. The highest BCUT2D eigenvalue weighted by Gasteiger charge is 2.14. The van der Waals surface area contributed by atoms with Crippen molar-refractivity contribution in [3.63, 3.8) is 0 Å². The predicted molar refractivity (Wildman–Crippen MR) is 99.9 cm³/mol. The first-order valence-corrected chi connectivity index (χ1v) is 8.87. The number of benzene rings is 2. The first kappa shape index (κ1) is 16.0. The summed E-state index contributed by atoms with van der Waals surface area (Å²) in [5, 5.41) is 3.09. The van der Waals surface area contributed by atoms with Gasteiger partial charge in [-0.05, 0) is 29.3 Å². The monoisotopic (exact) mass is 370 g/mol. The molecule has 0 spiro atoms. The lowest BCUT2D eigenvalue weighted by atomic mass is 10.1. The standard InChI is InChI=1S/C19H12ClFN2OS/c20-13-7-5-11(6-8-13)14-10-25-19-17(14)18(24)22-16(23-19)9-12-3-1-2-4-15(12)21/h1-8,10H,9H2,(H,22,23,24). The van der Waals surface area contributed by atoms with Gasteiger partial charge in [0.1, 0.15) is 16.5 Å². The Morgan fingerprint density at radius 2 is 1.88 bits per heavy atom. The van der Waals surface area contributed by atoms with Gasteiger partial charge in [-0.25, -0.2) is 9.37 Å². The molecule has 3 nitrogen and oxygen atoms in total. The number of aromatic amines is 1. The van der Waals surface area contributed by atoms with Gasteiger partial charge in [0.25, 0.3) is 5.56 Å². The third-order valence-electron chi connectivity index (χ3n) is 3.96. The topological polar surface area (TPSA) is 45.8 Å². The number of aromatic nitrogens is 2. The van der Waals surface area contributed by atoms with Crippen LogP contribution < -0.4 is 5.56 Å². The molecule has 0 saturated carbocycles. The van der Waals surface area contributed by atoms with Crippen molar-refractivity contribution in [3.05, 3.63) is 86.5 Å². The van der Waals surface area contributed by atoms with E-state index in [-0.39, 0.29) is 17.8 Å². The second-order valence-electron chi connectivity index (χ2n) is 5.62. The zero-order valence-corrected chi connectivity index (χ0v) is 14.5. The molecule has 0 atom stereocenters. The number of rotatable bonds is 3. The molecule has 2 aromatic heterocycles. The Bertz CT molecular complexity index is 1120. The second-order valence-corrected chi connectivity index (χ2v) is 6.91. The highest BCUT2D eigenvalue weighted by atomic mass is 35.5. The van der Waals surface area contributed by atoms with Crippen molar-refractivity contribution >= 4 is 33.2 Å². The van der Waals surface area contributed by atoms with Crippen LogP contribution in [0.15, 0.2) is 58.7 Å². The lowest BCUT2D eigenvalue weighted by Crippen LogP contribution is -2.12. The van der Waals surface area contributed by atoms with Gasteiger partial charge in [-0.15, -0.1) is 11.3 Å². The second kappa shape index (κ2) is 6.43. The van der Waals surface area contributed by atoms with Crippen LogP contribution in [0.1, 0.15) is 11.4 Å². The Balaban J connectivity index is 1.78. The van der Waals surface area contributed by atoms with E-state index in [2.05, 4.69) is 9.97 Å². The molecule has 2 heterocycles. The number of nitrogens with zero attached hydrogens (tertiary/aromatic N) is 1. The van der Waals surface area contributed by atoms with Crippen LogP contribution >= 0.6 is 22.9 Å². The summed E-state index contributed by atoms with van der Waals surface area (Å²) in [7, 11) is 0. The van der Waals surface area contributed by atoms with Crippen molar-refractivity contribution in [2.45, 2.75) is 6.42 Å². The fraction of sp³-hybridized carbons (Fsp3) is 0.0526. The van der Waals surface area contributed by atoms with Gasteiger partial charge in [-0.1, -0.05) is 41.9 Å². The zero-order chi connectivity index (χ0) is 17.4. The summed E-state index contributed by atoms with van der Waals surface area (Å²) in [5.41, 5.74) is 2.01. The lowest BCUT2D eigenvalue weighted by Gasteiger charge is -2.04. The maximum Gasteiger partial charge on any atom is 0.260 e. The number of nitrogens with one attached hydrogen (secondary N) is 1. The van der Waals surface area contributed by atoms with E-state index in [4.69, 9.17) is 11.6 Å². The van der Waals surface area contributed by atoms with Crippen molar-refractivity contribution < 1.29 is 4.39 Å². The fourth-order valence-corrected chi connectivity index (χ4v) is 3.83. The molecular formula is C19H12ClFN2OS. The van der Waals surface area contributed by atoms with Crippen LogP contribution in [0.4, 0.5) is 4.39 Å². The molecule has 6 heteroatoms. The fourth-order valence-electron chi connectivity index (χ4n) is 2.74. The number of halogens is 2. The average Bonchev–Trinajstić information content (AvgIpc) is 3.02. The Morgan fingerprint density at radius 1 is 1.12 bits per heavy atom. The lowest BCUT2D eigenvalue weighted by molar-refractivity contribution is 0.612. The minimum Gasteiger partial charge on any atom is -0.310 e. The molecule has 0 saturated heterocycles. The summed E-state index contributed by atoms with van der Waals surface area (Å²) < 4.78 is 13.8. The van der Waals surface area contributed by atoms with E-state index >= 15 is 0 Å². The average molecular weight is 371 g/mol. The normalized spacial score (nSPS) is 11.1. The molecule has 124 valence electrons. The van der Waals surface area contributed by atoms with Gasteiger partial charge >= 0.3 is 0 Å². The van der Waals surface area contributed by atoms with E-state index in [1.165, 1.54) is 17.4 Å². The third-order valence-corrected chi connectivity index (χ3v) is 5.09. The summed E-state index contributed by atoms with van der Waals surface area (Å²) in [6, 6.07) is 13.8. The quantitative estimate of drug-likeness (QED) is 0.549. The molecule has 4 aromatic rings. The number of hydrogen-bond donors (Lipinski definition) is 1. The van der Waals surface area contributed by atoms with Crippen LogP contribution in [0.2, 0.25) is 5.02 Å². The summed E-state index contributed by atoms with van der Waals surface area (Å²) in [6.45, 7) is 0.